The van der Waals surface area contributed by atoms with Crippen molar-refractivity contribution in [2.24, 2.45) is 0 Å². The number of benzene rings is 2. The summed E-state index contributed by atoms with van der Waals surface area (Å²) in [4.78, 5) is 2.42. The van der Waals surface area contributed by atoms with E-state index in [1.165, 1.54) is 17.5 Å². The summed E-state index contributed by atoms with van der Waals surface area (Å²) in [5.74, 6) is 0.945. The van der Waals surface area contributed by atoms with E-state index >= 15 is 0 Å². The number of nitrogens with zero attached hydrogens (tertiary/aromatic N) is 1. The number of hydrogen-bond donors (Lipinski definition) is 1. The van der Waals surface area contributed by atoms with E-state index in [2.05, 4.69) is 34.5 Å². The Hall–Kier alpha value is -1.75. The first-order chi connectivity index (χ1) is 12.8. The highest BCUT2D eigenvalue weighted by atomic mass is 35.5. The van der Waals surface area contributed by atoms with Crippen molar-refractivity contribution in [2.75, 3.05) is 38.2 Å². The van der Waals surface area contributed by atoms with E-state index in [0.29, 0.717) is 6.61 Å². The molecule has 1 fully saturated rings. The van der Waals surface area contributed by atoms with E-state index in [1.54, 1.807) is 0 Å². The van der Waals surface area contributed by atoms with Crippen molar-refractivity contribution in [1.29, 1.82) is 0 Å². The average molecular weight is 373 g/mol. The Balaban J connectivity index is 1.33. The van der Waals surface area contributed by atoms with Crippen LogP contribution in [0.1, 0.15) is 17.5 Å². The number of aryl methyl sites for hydroxylation is 1. The van der Waals surface area contributed by atoms with E-state index in [-0.39, 0.29) is 6.10 Å². The number of morpholine rings is 1. The van der Waals surface area contributed by atoms with Crippen molar-refractivity contribution in [3.63, 3.8) is 0 Å². The smallest absolute Gasteiger partial charge is 0.142 e. The molecule has 0 spiro atoms. The second-order valence-corrected chi connectivity index (χ2v) is 7.42. The normalized spacial score (nSPS) is 20.3. The number of nitrogens with one attached hydrogen (secondary N) is 1. The van der Waals surface area contributed by atoms with Gasteiger partial charge in [0, 0.05) is 31.2 Å². The van der Waals surface area contributed by atoms with Crippen LogP contribution in [0.25, 0.3) is 0 Å². The Labute approximate surface area is 160 Å². The van der Waals surface area contributed by atoms with Gasteiger partial charge in [0.15, 0.2) is 0 Å². The molecule has 1 saturated heterocycles. The van der Waals surface area contributed by atoms with Gasteiger partial charge in [-0.1, -0.05) is 35.9 Å². The predicted octanol–water partition coefficient (Wildman–Crippen LogP) is 3.98. The molecule has 4 rings (SSSR count). The maximum Gasteiger partial charge on any atom is 0.142 e. The van der Waals surface area contributed by atoms with E-state index in [1.807, 2.05) is 18.2 Å². The van der Waals surface area contributed by atoms with Crippen LogP contribution in [-0.4, -0.2) is 43.9 Å². The van der Waals surface area contributed by atoms with Crippen molar-refractivity contribution < 1.29 is 9.47 Å². The van der Waals surface area contributed by atoms with Crippen LogP contribution in [0.5, 0.6) is 5.75 Å². The Morgan fingerprint density at radius 2 is 2.08 bits per heavy atom. The molecule has 0 radical (unpaired) electrons. The number of fused-ring (bicyclic) bond motifs is 1. The molecular formula is C21H25ClN2O2. The topological polar surface area (TPSA) is 33.7 Å². The van der Waals surface area contributed by atoms with E-state index < -0.39 is 0 Å². The Morgan fingerprint density at radius 1 is 1.19 bits per heavy atom. The molecule has 5 heteroatoms. The number of anilines is 1. The molecule has 2 aliphatic rings. The molecule has 4 nitrogen and oxygen atoms in total. The minimum Gasteiger partial charge on any atom is -0.489 e. The number of para-hydroxylation sites is 1. The Bertz CT molecular complexity index is 735. The molecule has 2 aliphatic heterocycles. The van der Waals surface area contributed by atoms with Crippen LogP contribution in [0.2, 0.25) is 5.02 Å². The van der Waals surface area contributed by atoms with Gasteiger partial charge in [0.1, 0.15) is 18.5 Å². The second-order valence-electron chi connectivity index (χ2n) is 6.99. The lowest BCUT2D eigenvalue weighted by Gasteiger charge is -2.33. The highest BCUT2D eigenvalue weighted by Crippen LogP contribution is 2.32. The van der Waals surface area contributed by atoms with Gasteiger partial charge in [-0.15, -0.1) is 0 Å². The van der Waals surface area contributed by atoms with Gasteiger partial charge in [-0.3, -0.25) is 4.90 Å². The molecule has 2 aromatic carbocycles. The fourth-order valence-corrected chi connectivity index (χ4v) is 3.78. The third-order valence-corrected chi connectivity index (χ3v) is 5.26. The van der Waals surface area contributed by atoms with Crippen LogP contribution in [0.4, 0.5) is 5.69 Å². The highest BCUT2D eigenvalue weighted by Gasteiger charge is 2.22. The second kappa shape index (κ2) is 8.30. The molecule has 0 saturated carbocycles. The molecule has 0 aliphatic carbocycles. The number of rotatable bonds is 5. The zero-order chi connectivity index (χ0) is 17.8. The molecular weight excluding hydrogens is 348 g/mol. The largest absolute Gasteiger partial charge is 0.489 e. The highest BCUT2D eigenvalue weighted by molar-refractivity contribution is 6.30. The van der Waals surface area contributed by atoms with E-state index in [9.17, 15) is 0 Å². The van der Waals surface area contributed by atoms with Gasteiger partial charge in [-0.05, 0) is 42.2 Å². The van der Waals surface area contributed by atoms with Crippen molar-refractivity contribution >= 4 is 17.3 Å². The third kappa shape index (κ3) is 4.32. The van der Waals surface area contributed by atoms with Crippen LogP contribution in [0.15, 0.2) is 42.5 Å². The van der Waals surface area contributed by atoms with Gasteiger partial charge in [0.2, 0.25) is 0 Å². The SMILES string of the molecule is Clc1ccc(CN2CCO[C@H](COc3cccc4c3NCCC4)C2)cc1. The first kappa shape index (κ1) is 17.7. The molecule has 0 unspecified atom stereocenters. The predicted molar refractivity (Wildman–Crippen MR) is 105 cm³/mol. The quantitative estimate of drug-likeness (QED) is 0.860. The summed E-state index contributed by atoms with van der Waals surface area (Å²) in [7, 11) is 0. The zero-order valence-corrected chi connectivity index (χ0v) is 15.7. The molecule has 138 valence electrons. The summed E-state index contributed by atoms with van der Waals surface area (Å²) in [5, 5.41) is 4.26. The maximum absolute atomic E-state index is 6.13. The van der Waals surface area contributed by atoms with Gasteiger partial charge in [0.25, 0.3) is 0 Å². The van der Waals surface area contributed by atoms with Crippen molar-refractivity contribution in [3.05, 3.63) is 58.6 Å². The van der Waals surface area contributed by atoms with E-state index in [0.717, 1.165) is 55.7 Å². The lowest BCUT2D eigenvalue weighted by Crippen LogP contribution is -2.44. The lowest BCUT2D eigenvalue weighted by molar-refractivity contribution is -0.0503. The number of hydrogen-bond acceptors (Lipinski definition) is 4. The maximum atomic E-state index is 6.13. The summed E-state index contributed by atoms with van der Waals surface area (Å²) >= 11 is 5.97. The van der Waals surface area contributed by atoms with Crippen LogP contribution in [-0.2, 0) is 17.7 Å². The van der Waals surface area contributed by atoms with Crippen LogP contribution in [0, 0.1) is 0 Å². The molecule has 0 bridgehead atoms. The standard InChI is InChI=1S/C21H25ClN2O2/c22-18-8-6-16(7-9-18)13-24-11-12-25-19(14-24)15-26-20-5-1-3-17-4-2-10-23-21(17)20/h1,3,5-9,19,23H,2,4,10-15H2/t19-/m0/s1. The van der Waals surface area contributed by atoms with Crippen molar-refractivity contribution in [3.8, 4) is 5.75 Å². The minimum absolute atomic E-state index is 0.0931. The fourth-order valence-electron chi connectivity index (χ4n) is 3.65. The lowest BCUT2D eigenvalue weighted by atomic mass is 10.0. The zero-order valence-electron chi connectivity index (χ0n) is 14.9. The summed E-state index contributed by atoms with van der Waals surface area (Å²) in [5.41, 5.74) is 3.78. The van der Waals surface area contributed by atoms with Crippen molar-refractivity contribution in [1.82, 2.24) is 4.90 Å². The summed E-state index contributed by atoms with van der Waals surface area (Å²) < 4.78 is 12.0. The monoisotopic (exact) mass is 372 g/mol. The Morgan fingerprint density at radius 3 is 2.96 bits per heavy atom. The summed E-state index contributed by atoms with van der Waals surface area (Å²) in [6, 6.07) is 14.4. The first-order valence-electron chi connectivity index (χ1n) is 9.35. The molecule has 1 atom stereocenters. The average Bonchev–Trinajstić information content (AvgIpc) is 2.68. The number of halogens is 1. The molecule has 0 amide bonds. The van der Waals surface area contributed by atoms with Gasteiger partial charge < -0.3 is 14.8 Å². The molecule has 2 heterocycles. The van der Waals surface area contributed by atoms with Gasteiger partial charge in [-0.2, -0.15) is 0 Å². The van der Waals surface area contributed by atoms with Gasteiger partial charge in [-0.25, -0.2) is 0 Å². The minimum atomic E-state index is 0.0931. The first-order valence-corrected chi connectivity index (χ1v) is 9.73. The molecule has 2 aromatic rings. The molecule has 1 N–H and O–H groups in total. The molecule has 0 aromatic heterocycles. The van der Waals surface area contributed by atoms with Gasteiger partial charge >= 0.3 is 0 Å². The van der Waals surface area contributed by atoms with Crippen LogP contribution < -0.4 is 10.1 Å². The summed E-state index contributed by atoms with van der Waals surface area (Å²) in [6.45, 7) is 5.08. The fraction of sp³-hybridized carbons (Fsp3) is 0.429. The van der Waals surface area contributed by atoms with Crippen LogP contribution in [0.3, 0.4) is 0 Å². The molecule has 26 heavy (non-hydrogen) atoms. The Kier molecular flexibility index (Phi) is 5.63. The van der Waals surface area contributed by atoms with E-state index in [4.69, 9.17) is 21.1 Å². The van der Waals surface area contributed by atoms with Crippen molar-refractivity contribution in [2.45, 2.75) is 25.5 Å². The van der Waals surface area contributed by atoms with Crippen LogP contribution >= 0.6 is 11.6 Å². The van der Waals surface area contributed by atoms with Gasteiger partial charge in [0.05, 0.1) is 12.3 Å². The number of ether oxygens (including phenoxy) is 2. The third-order valence-electron chi connectivity index (χ3n) is 5.00. The summed E-state index contributed by atoms with van der Waals surface area (Å²) in [6.07, 6.45) is 2.39.